The summed E-state index contributed by atoms with van der Waals surface area (Å²) in [7, 11) is 0. The topological polar surface area (TPSA) is 25.6 Å². The van der Waals surface area contributed by atoms with Crippen LogP contribution in [0, 0.1) is 0 Å². The molecule has 4 heterocycles. The van der Waals surface area contributed by atoms with Crippen LogP contribution in [0.2, 0.25) is 0 Å². The second kappa shape index (κ2) is 8.12. The van der Waals surface area contributed by atoms with Gasteiger partial charge in [0.1, 0.15) is 0 Å². The monoisotopic (exact) mass is 553 g/mol. The molecule has 0 saturated heterocycles. The molecule has 1 N–H and O–H groups in total. The van der Waals surface area contributed by atoms with Crippen LogP contribution in [0.25, 0.3) is 86.2 Å². The summed E-state index contributed by atoms with van der Waals surface area (Å²) in [5, 5.41) is 7.56. The average Bonchev–Trinajstić information content (AvgIpc) is 3.77. The summed E-state index contributed by atoms with van der Waals surface area (Å²) in [6, 6.07) is 48.6. The number of hydrogen-bond acceptors (Lipinski definition) is 1. The molecule has 4 aromatic heterocycles. The van der Waals surface area contributed by atoms with Crippen LogP contribution in [0.5, 0.6) is 0 Å². The van der Waals surface area contributed by atoms with E-state index >= 15 is 0 Å². The molecular weight excluding hydrogens is 531 g/mol. The highest BCUT2D eigenvalue weighted by molar-refractivity contribution is 7.26. The maximum atomic E-state index is 3.69. The molecule has 0 amide bonds. The largest absolute Gasteiger partial charge is 0.353 e. The van der Waals surface area contributed by atoms with Gasteiger partial charge in [-0.1, -0.05) is 84.9 Å². The third-order valence-electron chi connectivity index (χ3n) is 8.82. The van der Waals surface area contributed by atoms with Crippen LogP contribution in [-0.4, -0.2) is 14.1 Å². The van der Waals surface area contributed by atoms with E-state index < -0.39 is 0 Å². The Morgan fingerprint density at radius 1 is 0.476 bits per heavy atom. The van der Waals surface area contributed by atoms with Gasteiger partial charge >= 0.3 is 0 Å². The number of nitrogens with zero attached hydrogens (tertiary/aromatic N) is 2. The molecule has 0 fully saturated rings. The molecule has 10 rings (SSSR count). The number of thiophene rings is 1. The molecule has 0 aliphatic rings. The van der Waals surface area contributed by atoms with Crippen molar-refractivity contribution in [1.82, 2.24) is 14.1 Å². The van der Waals surface area contributed by atoms with Gasteiger partial charge in [0, 0.05) is 43.1 Å². The molecule has 4 heteroatoms. The molecule has 0 spiro atoms. The summed E-state index contributed by atoms with van der Waals surface area (Å²) in [4.78, 5) is 3.69. The van der Waals surface area contributed by atoms with E-state index in [1.807, 2.05) is 11.3 Å². The lowest BCUT2D eigenvalue weighted by atomic mass is 10.1. The first-order valence-electron chi connectivity index (χ1n) is 14.3. The minimum absolute atomic E-state index is 1.17. The summed E-state index contributed by atoms with van der Waals surface area (Å²) in [5.74, 6) is 0. The zero-order valence-corrected chi connectivity index (χ0v) is 23.3. The molecule has 10 aromatic rings. The van der Waals surface area contributed by atoms with Crippen LogP contribution in [0.1, 0.15) is 0 Å². The van der Waals surface area contributed by atoms with Gasteiger partial charge in [0.05, 0.1) is 32.3 Å². The minimum Gasteiger partial charge on any atom is -0.353 e. The first-order chi connectivity index (χ1) is 20.8. The van der Waals surface area contributed by atoms with Crippen molar-refractivity contribution in [2.24, 2.45) is 0 Å². The number of fused-ring (bicyclic) bond motifs is 11. The maximum Gasteiger partial charge on any atom is 0.0797 e. The van der Waals surface area contributed by atoms with E-state index in [0.717, 1.165) is 0 Å². The van der Waals surface area contributed by atoms with E-state index in [9.17, 15) is 0 Å². The van der Waals surface area contributed by atoms with E-state index in [2.05, 4.69) is 148 Å². The molecule has 0 saturated carbocycles. The van der Waals surface area contributed by atoms with Crippen molar-refractivity contribution >= 4 is 86.2 Å². The predicted molar refractivity (Wildman–Crippen MR) is 180 cm³/mol. The molecule has 3 nitrogen and oxygen atoms in total. The lowest BCUT2D eigenvalue weighted by Crippen LogP contribution is -1.95. The molecular formula is C38H23N3S. The highest BCUT2D eigenvalue weighted by atomic mass is 32.1. The number of aromatic nitrogens is 3. The Kier molecular flexibility index (Phi) is 4.33. The van der Waals surface area contributed by atoms with Crippen molar-refractivity contribution in [3.05, 3.63) is 133 Å². The second-order valence-corrected chi connectivity index (χ2v) is 12.1. The number of para-hydroxylation sites is 3. The van der Waals surface area contributed by atoms with Crippen LogP contribution < -0.4 is 0 Å². The molecule has 196 valence electrons. The van der Waals surface area contributed by atoms with Crippen LogP contribution in [0.15, 0.2) is 133 Å². The average molecular weight is 554 g/mol. The van der Waals surface area contributed by atoms with Gasteiger partial charge in [-0.25, -0.2) is 0 Å². The minimum atomic E-state index is 1.17. The zero-order valence-electron chi connectivity index (χ0n) is 22.5. The Labute approximate surface area is 244 Å². The molecule has 42 heavy (non-hydrogen) atoms. The van der Waals surface area contributed by atoms with E-state index in [1.165, 1.54) is 86.2 Å². The van der Waals surface area contributed by atoms with Crippen molar-refractivity contribution in [3.63, 3.8) is 0 Å². The van der Waals surface area contributed by atoms with Crippen LogP contribution in [0.3, 0.4) is 0 Å². The van der Waals surface area contributed by atoms with Crippen molar-refractivity contribution in [3.8, 4) is 11.4 Å². The van der Waals surface area contributed by atoms with E-state index in [4.69, 9.17) is 0 Å². The summed E-state index contributed by atoms with van der Waals surface area (Å²) in [5.41, 5.74) is 9.71. The normalized spacial score (nSPS) is 12.3. The lowest BCUT2D eigenvalue weighted by molar-refractivity contribution is 1.18. The first kappa shape index (κ1) is 22.4. The SMILES string of the molecule is c1ccc2c(c1)[nH]c1c3ccccc3n(-c3ccc4cc(-n5c6ccccc6c6sc7ccccc7c65)ccc4c3)c21. The third kappa shape index (κ3) is 2.89. The van der Waals surface area contributed by atoms with Gasteiger partial charge in [-0.2, -0.15) is 0 Å². The van der Waals surface area contributed by atoms with Crippen molar-refractivity contribution in [1.29, 1.82) is 0 Å². The molecule has 6 aromatic carbocycles. The van der Waals surface area contributed by atoms with Crippen LogP contribution in [-0.2, 0) is 0 Å². The quantitative estimate of drug-likeness (QED) is 0.220. The molecule has 0 aliphatic heterocycles. The van der Waals surface area contributed by atoms with Crippen molar-refractivity contribution in [2.75, 3.05) is 0 Å². The van der Waals surface area contributed by atoms with E-state index in [1.54, 1.807) is 0 Å². The van der Waals surface area contributed by atoms with Crippen molar-refractivity contribution < 1.29 is 0 Å². The smallest absolute Gasteiger partial charge is 0.0797 e. The van der Waals surface area contributed by atoms with Gasteiger partial charge in [-0.05, 0) is 59.3 Å². The zero-order chi connectivity index (χ0) is 27.4. The number of H-pyrrole nitrogens is 1. The second-order valence-electron chi connectivity index (χ2n) is 11.1. The molecule has 0 atom stereocenters. The standard InChI is InChI=1S/C38H23N3S/c1-5-13-31-27(9-1)36-35(39-31)28-10-2-6-14-32(28)40(36)25-19-17-24-22-26(20-18-23(24)21-25)41-33-15-7-3-11-29(33)38-37(41)30-12-4-8-16-34(30)42-38/h1-22,39H. The maximum absolute atomic E-state index is 3.69. The van der Waals surface area contributed by atoms with Crippen LogP contribution in [0.4, 0.5) is 0 Å². The number of rotatable bonds is 2. The fourth-order valence-corrected chi connectivity index (χ4v) is 8.23. The Morgan fingerprint density at radius 3 is 1.81 bits per heavy atom. The summed E-state index contributed by atoms with van der Waals surface area (Å²) >= 11 is 1.89. The number of nitrogens with one attached hydrogen (secondary N) is 1. The number of benzene rings is 6. The summed E-state index contributed by atoms with van der Waals surface area (Å²) in [6.45, 7) is 0. The number of hydrogen-bond donors (Lipinski definition) is 1. The first-order valence-corrected chi connectivity index (χ1v) is 15.1. The van der Waals surface area contributed by atoms with Crippen LogP contribution >= 0.6 is 11.3 Å². The molecule has 0 aliphatic carbocycles. The predicted octanol–water partition coefficient (Wildman–Crippen LogP) is 10.7. The molecule has 0 unspecified atom stereocenters. The van der Waals surface area contributed by atoms with Gasteiger partial charge in [-0.3, -0.25) is 0 Å². The van der Waals surface area contributed by atoms with Gasteiger partial charge in [0.2, 0.25) is 0 Å². The summed E-state index contributed by atoms with van der Waals surface area (Å²) in [6.07, 6.45) is 0. The van der Waals surface area contributed by atoms with E-state index in [0.29, 0.717) is 0 Å². The Morgan fingerprint density at radius 2 is 1.05 bits per heavy atom. The van der Waals surface area contributed by atoms with Crippen molar-refractivity contribution in [2.45, 2.75) is 0 Å². The number of aromatic amines is 1. The fraction of sp³-hybridized carbons (Fsp3) is 0. The van der Waals surface area contributed by atoms with Gasteiger partial charge in [0.15, 0.2) is 0 Å². The van der Waals surface area contributed by atoms with Gasteiger partial charge in [-0.15, -0.1) is 11.3 Å². The Bertz CT molecular complexity index is 2500. The van der Waals surface area contributed by atoms with Gasteiger partial charge in [0.25, 0.3) is 0 Å². The van der Waals surface area contributed by atoms with E-state index in [-0.39, 0.29) is 0 Å². The van der Waals surface area contributed by atoms with Gasteiger partial charge < -0.3 is 14.1 Å². The Balaban J connectivity index is 1.22. The molecule has 0 radical (unpaired) electrons. The highest BCUT2D eigenvalue weighted by Crippen LogP contribution is 2.43. The summed E-state index contributed by atoms with van der Waals surface area (Å²) < 4.78 is 7.54. The Hall–Kier alpha value is -5.32. The fourth-order valence-electron chi connectivity index (χ4n) is 7.01. The molecule has 0 bridgehead atoms. The lowest BCUT2D eigenvalue weighted by Gasteiger charge is -2.12. The third-order valence-corrected chi connectivity index (χ3v) is 10.0. The highest BCUT2D eigenvalue weighted by Gasteiger charge is 2.19.